The van der Waals surface area contributed by atoms with Crippen molar-refractivity contribution in [3.63, 3.8) is 0 Å². The fraction of sp³-hybridized carbons (Fsp3) is 0.526. The summed E-state index contributed by atoms with van der Waals surface area (Å²) in [6, 6.07) is 11.4. The summed E-state index contributed by atoms with van der Waals surface area (Å²) in [5, 5.41) is 38.8. The zero-order valence-electron chi connectivity index (χ0n) is 14.1. The highest BCUT2D eigenvalue weighted by molar-refractivity contribution is 5.89. The first kappa shape index (κ1) is 16.5. The van der Waals surface area contributed by atoms with E-state index < -0.39 is 28.6 Å². The molecule has 2 bridgehead atoms. The van der Waals surface area contributed by atoms with Crippen LogP contribution in [0.25, 0.3) is 0 Å². The van der Waals surface area contributed by atoms with E-state index in [2.05, 4.69) is 11.1 Å². The Labute approximate surface area is 151 Å². The predicted octanol–water partition coefficient (Wildman–Crippen LogP) is 2.98. The average molecular weight is 347 g/mol. The first-order chi connectivity index (χ1) is 12.6. The molecule has 0 radical (unpaired) electrons. The SMILES string of the molecule is N#CC1(C#N)[C@H](c2ccccn2)O[C@@]23CCCCC[C@@H]2[C@@]1(C#N)C(=N)O3. The quantitative estimate of drug-likeness (QED) is 0.832. The minimum atomic E-state index is -1.90. The number of ether oxygens (including phenoxy) is 2. The third-order valence-corrected chi connectivity index (χ3v) is 6.02. The van der Waals surface area contributed by atoms with Crippen LogP contribution in [-0.2, 0) is 9.47 Å². The van der Waals surface area contributed by atoms with Gasteiger partial charge in [0.15, 0.2) is 5.41 Å². The summed E-state index contributed by atoms with van der Waals surface area (Å²) in [5.74, 6) is -1.99. The van der Waals surface area contributed by atoms with Crippen LogP contribution in [0.5, 0.6) is 0 Å². The standard InChI is InChI=1S/C19H17N5O2/c20-10-17(11-21)15(13-6-3-5-9-24-13)25-19-8-4-1-2-7-14(19)18(17,12-22)16(23)26-19/h3,5-6,9,14-15,23H,1-2,4,7-8H2/t14-,15+,18+,19-/m1/s1. The Morgan fingerprint density at radius 2 is 1.92 bits per heavy atom. The first-order valence-electron chi connectivity index (χ1n) is 8.71. The van der Waals surface area contributed by atoms with Gasteiger partial charge in [0.05, 0.1) is 29.8 Å². The summed E-state index contributed by atoms with van der Waals surface area (Å²) in [6.45, 7) is 0. The number of rotatable bonds is 1. The Hall–Kier alpha value is -2.95. The minimum Gasteiger partial charge on any atom is -0.447 e. The highest BCUT2D eigenvalue weighted by atomic mass is 16.7. The number of nitrogens with one attached hydrogen (secondary N) is 1. The second-order valence-electron chi connectivity index (χ2n) is 7.10. The molecule has 0 unspecified atom stereocenters. The van der Waals surface area contributed by atoms with E-state index in [0.717, 1.165) is 19.3 Å². The number of nitrogens with zero attached hydrogens (tertiary/aromatic N) is 4. The van der Waals surface area contributed by atoms with Crippen molar-refractivity contribution in [1.82, 2.24) is 4.98 Å². The van der Waals surface area contributed by atoms with Crippen LogP contribution in [0.4, 0.5) is 0 Å². The molecular weight excluding hydrogens is 330 g/mol. The van der Waals surface area contributed by atoms with Gasteiger partial charge >= 0.3 is 0 Å². The van der Waals surface area contributed by atoms with Gasteiger partial charge in [-0.1, -0.05) is 18.9 Å². The van der Waals surface area contributed by atoms with Crippen LogP contribution < -0.4 is 0 Å². The lowest BCUT2D eigenvalue weighted by molar-refractivity contribution is -0.285. The van der Waals surface area contributed by atoms with Gasteiger partial charge in [-0.2, -0.15) is 15.8 Å². The Balaban J connectivity index is 2.01. The summed E-state index contributed by atoms with van der Waals surface area (Å²) >= 11 is 0. The topological polar surface area (TPSA) is 127 Å². The van der Waals surface area contributed by atoms with E-state index in [9.17, 15) is 15.8 Å². The number of nitriles is 3. The zero-order chi connectivity index (χ0) is 18.4. The molecule has 0 aromatic carbocycles. The molecule has 1 aromatic heterocycles. The lowest BCUT2D eigenvalue weighted by Gasteiger charge is -2.49. The van der Waals surface area contributed by atoms with Gasteiger partial charge < -0.3 is 9.47 Å². The third kappa shape index (κ3) is 1.72. The fourth-order valence-corrected chi connectivity index (χ4v) is 4.83. The van der Waals surface area contributed by atoms with Crippen LogP contribution in [0.1, 0.15) is 43.9 Å². The van der Waals surface area contributed by atoms with Gasteiger partial charge in [0.2, 0.25) is 17.1 Å². The molecule has 26 heavy (non-hydrogen) atoms. The van der Waals surface area contributed by atoms with Crippen LogP contribution >= 0.6 is 0 Å². The molecule has 1 saturated carbocycles. The van der Waals surface area contributed by atoms with E-state index in [0.29, 0.717) is 18.5 Å². The molecule has 4 atom stereocenters. The summed E-state index contributed by atoms with van der Waals surface area (Å²) in [6.07, 6.45) is 4.25. The Morgan fingerprint density at radius 1 is 1.12 bits per heavy atom. The van der Waals surface area contributed by atoms with Crippen LogP contribution in [0.3, 0.4) is 0 Å². The molecule has 7 nitrogen and oxygen atoms in total. The second-order valence-corrected chi connectivity index (χ2v) is 7.10. The first-order valence-corrected chi connectivity index (χ1v) is 8.71. The van der Waals surface area contributed by atoms with Crippen LogP contribution in [0.2, 0.25) is 0 Å². The van der Waals surface area contributed by atoms with Crippen molar-refractivity contribution in [3.8, 4) is 18.2 Å². The summed E-state index contributed by atoms with van der Waals surface area (Å²) < 4.78 is 12.2. The molecular formula is C19H17N5O2. The van der Waals surface area contributed by atoms with Gasteiger partial charge in [-0.25, -0.2) is 0 Å². The number of hydrogen-bond acceptors (Lipinski definition) is 7. The van der Waals surface area contributed by atoms with Crippen molar-refractivity contribution in [1.29, 1.82) is 21.2 Å². The van der Waals surface area contributed by atoms with Crippen molar-refractivity contribution in [2.24, 2.45) is 16.7 Å². The van der Waals surface area contributed by atoms with E-state index in [1.165, 1.54) is 0 Å². The lowest BCUT2D eigenvalue weighted by atomic mass is 9.53. The molecule has 1 aliphatic carbocycles. The average Bonchev–Trinajstić information content (AvgIpc) is 2.81. The van der Waals surface area contributed by atoms with Gasteiger partial charge in [0.1, 0.15) is 6.10 Å². The maximum absolute atomic E-state index is 10.2. The van der Waals surface area contributed by atoms with Crippen LogP contribution in [-0.4, -0.2) is 16.7 Å². The maximum atomic E-state index is 10.2. The Kier molecular flexibility index (Phi) is 3.51. The molecule has 3 aliphatic rings. The smallest absolute Gasteiger partial charge is 0.217 e. The van der Waals surface area contributed by atoms with E-state index in [-0.39, 0.29) is 5.90 Å². The minimum absolute atomic E-state index is 0.326. The number of hydrogen-bond donors (Lipinski definition) is 1. The molecule has 3 fully saturated rings. The van der Waals surface area contributed by atoms with Gasteiger partial charge in [0.25, 0.3) is 0 Å². The van der Waals surface area contributed by atoms with E-state index in [1.807, 2.05) is 12.1 Å². The molecule has 130 valence electrons. The molecule has 0 spiro atoms. The van der Waals surface area contributed by atoms with Crippen molar-refractivity contribution in [3.05, 3.63) is 30.1 Å². The van der Waals surface area contributed by atoms with E-state index in [4.69, 9.17) is 14.9 Å². The normalized spacial score (nSPS) is 37.2. The van der Waals surface area contributed by atoms with Crippen molar-refractivity contribution >= 4 is 5.90 Å². The third-order valence-electron chi connectivity index (χ3n) is 6.02. The number of aromatic nitrogens is 1. The predicted molar refractivity (Wildman–Crippen MR) is 87.9 cm³/mol. The summed E-state index contributed by atoms with van der Waals surface area (Å²) in [5.41, 5.74) is -3.17. The highest BCUT2D eigenvalue weighted by Gasteiger charge is 2.80. The molecule has 1 aromatic rings. The molecule has 2 aliphatic heterocycles. The van der Waals surface area contributed by atoms with E-state index in [1.54, 1.807) is 24.4 Å². The van der Waals surface area contributed by atoms with Gasteiger partial charge in [-0.05, 0) is 25.0 Å². The molecule has 1 N–H and O–H groups in total. The summed E-state index contributed by atoms with van der Waals surface area (Å²) in [4.78, 5) is 4.28. The molecule has 3 heterocycles. The molecule has 2 saturated heterocycles. The Morgan fingerprint density at radius 3 is 2.58 bits per heavy atom. The van der Waals surface area contributed by atoms with Crippen molar-refractivity contribution in [2.45, 2.75) is 44.0 Å². The van der Waals surface area contributed by atoms with Crippen molar-refractivity contribution < 1.29 is 9.47 Å². The zero-order valence-corrected chi connectivity index (χ0v) is 14.1. The molecule has 4 rings (SSSR count). The van der Waals surface area contributed by atoms with Crippen molar-refractivity contribution in [2.75, 3.05) is 0 Å². The molecule has 0 amide bonds. The number of pyridine rings is 1. The fourth-order valence-electron chi connectivity index (χ4n) is 4.83. The molecule has 7 heteroatoms. The highest BCUT2D eigenvalue weighted by Crippen LogP contribution is 2.68. The van der Waals surface area contributed by atoms with Gasteiger partial charge in [0, 0.05) is 12.6 Å². The second kappa shape index (κ2) is 5.53. The van der Waals surface area contributed by atoms with Gasteiger partial charge in [-0.15, -0.1) is 0 Å². The monoisotopic (exact) mass is 347 g/mol. The van der Waals surface area contributed by atoms with Crippen LogP contribution in [0.15, 0.2) is 24.4 Å². The maximum Gasteiger partial charge on any atom is 0.217 e. The largest absolute Gasteiger partial charge is 0.447 e. The van der Waals surface area contributed by atoms with E-state index >= 15 is 0 Å². The lowest BCUT2D eigenvalue weighted by Crippen LogP contribution is -2.59. The Bertz CT molecular complexity index is 866. The van der Waals surface area contributed by atoms with Crippen LogP contribution in [0, 0.1) is 56.2 Å². The van der Waals surface area contributed by atoms with Gasteiger partial charge in [-0.3, -0.25) is 10.4 Å². The summed E-state index contributed by atoms with van der Waals surface area (Å²) in [7, 11) is 0.